The number of anilines is 1. The summed E-state index contributed by atoms with van der Waals surface area (Å²) in [6, 6.07) is 0. The van der Waals surface area contributed by atoms with Crippen LogP contribution in [0.3, 0.4) is 0 Å². The lowest BCUT2D eigenvalue weighted by molar-refractivity contribution is 0.0428. The number of rotatable bonds is 3. The van der Waals surface area contributed by atoms with E-state index in [4.69, 9.17) is 9.47 Å². The zero-order valence-electron chi connectivity index (χ0n) is 16.3. The number of imide groups is 1. The molecule has 3 amide bonds. The summed E-state index contributed by atoms with van der Waals surface area (Å²) < 4.78 is 10.8. The molecule has 1 heterocycles. The number of ether oxygens (including phenoxy) is 2. The second kappa shape index (κ2) is 8.61. The van der Waals surface area contributed by atoms with Crippen molar-refractivity contribution in [2.75, 3.05) is 11.9 Å². The van der Waals surface area contributed by atoms with E-state index in [2.05, 4.69) is 36.7 Å². The van der Waals surface area contributed by atoms with Crippen LogP contribution in [0.25, 0.3) is 0 Å². The van der Waals surface area contributed by atoms with Crippen LogP contribution < -0.4 is 15.8 Å². The quantitative estimate of drug-likeness (QED) is 0.680. The third-order valence-electron chi connectivity index (χ3n) is 2.54. The molecule has 0 atom stereocenters. The number of carbonyl (C=O) groups is 3. The highest BCUT2D eigenvalue weighted by atomic mass is 79.9. The van der Waals surface area contributed by atoms with Gasteiger partial charge in [-0.05, 0) is 57.5 Å². The molecule has 1 aromatic rings. The molecule has 2 N–H and O–H groups in total. The Morgan fingerprint density at radius 1 is 1.04 bits per heavy atom. The number of hydrogen-bond acceptors (Lipinski definition) is 8. The first-order valence-electron chi connectivity index (χ1n) is 8.01. The molecule has 0 aliphatic rings. The van der Waals surface area contributed by atoms with Gasteiger partial charge in [-0.25, -0.2) is 25.0 Å². The first-order chi connectivity index (χ1) is 12.2. The highest BCUT2D eigenvalue weighted by Gasteiger charge is 2.36. The van der Waals surface area contributed by atoms with E-state index in [0.29, 0.717) is 4.90 Å². The van der Waals surface area contributed by atoms with Crippen molar-refractivity contribution in [1.82, 2.24) is 20.8 Å². The third kappa shape index (κ3) is 7.10. The summed E-state index contributed by atoms with van der Waals surface area (Å²) in [7, 11) is 1.47. The van der Waals surface area contributed by atoms with Gasteiger partial charge in [0.15, 0.2) is 11.5 Å². The summed E-state index contributed by atoms with van der Waals surface area (Å²) in [5.74, 6) is -1.03. The second-order valence-corrected chi connectivity index (χ2v) is 8.18. The average molecular weight is 446 g/mol. The molecule has 11 heteroatoms. The minimum Gasteiger partial charge on any atom is -0.443 e. The van der Waals surface area contributed by atoms with E-state index in [9.17, 15) is 14.4 Å². The normalized spacial score (nSPS) is 11.6. The average Bonchev–Trinajstić information content (AvgIpc) is 2.45. The summed E-state index contributed by atoms with van der Waals surface area (Å²) in [6.45, 7) is 9.83. The highest BCUT2D eigenvalue weighted by molar-refractivity contribution is 9.10. The maximum Gasteiger partial charge on any atom is 0.425 e. The van der Waals surface area contributed by atoms with Crippen LogP contribution in [0.2, 0.25) is 0 Å². The zero-order valence-corrected chi connectivity index (χ0v) is 17.9. The number of hydrazine groups is 1. The highest BCUT2D eigenvalue weighted by Crippen LogP contribution is 2.23. The van der Waals surface area contributed by atoms with Crippen LogP contribution in [0.5, 0.6) is 0 Å². The van der Waals surface area contributed by atoms with Crippen LogP contribution >= 0.6 is 15.9 Å². The van der Waals surface area contributed by atoms with Crippen LogP contribution in [0.1, 0.15) is 52.0 Å². The summed E-state index contributed by atoms with van der Waals surface area (Å²) in [5, 5.41) is 0. The van der Waals surface area contributed by atoms with E-state index in [0.717, 1.165) is 0 Å². The van der Waals surface area contributed by atoms with E-state index in [-0.39, 0.29) is 16.1 Å². The topological polar surface area (TPSA) is 123 Å². The van der Waals surface area contributed by atoms with Crippen molar-refractivity contribution in [2.24, 2.45) is 0 Å². The van der Waals surface area contributed by atoms with E-state index in [1.54, 1.807) is 41.5 Å². The summed E-state index contributed by atoms with van der Waals surface area (Å²) in [6.07, 6.45) is -0.855. The molecule has 27 heavy (non-hydrogen) atoms. The lowest BCUT2D eigenvalue weighted by Gasteiger charge is -2.28. The minimum absolute atomic E-state index is 0.237. The smallest absolute Gasteiger partial charge is 0.425 e. The number of nitrogens with one attached hydrogen (secondary N) is 2. The Morgan fingerprint density at radius 2 is 1.52 bits per heavy atom. The first kappa shape index (κ1) is 22.8. The molecular formula is C16H24BrN5O5. The molecule has 0 aromatic carbocycles. The van der Waals surface area contributed by atoms with Gasteiger partial charge in [-0.2, -0.15) is 4.90 Å². The van der Waals surface area contributed by atoms with Gasteiger partial charge in [0.1, 0.15) is 15.8 Å². The molecule has 0 saturated heterocycles. The van der Waals surface area contributed by atoms with Gasteiger partial charge in [0.2, 0.25) is 0 Å². The molecule has 150 valence electrons. The third-order valence-corrected chi connectivity index (χ3v) is 2.92. The standard InChI is InChI=1S/C16H24BrN5O5/c1-15(2,3)26-13(24)22(14(25)27-16(4,5)6)11-10(12(23)21-18-7)20-9(17)8-19-11/h8,18H,1-7H3,(H,21,23). The van der Waals surface area contributed by atoms with E-state index >= 15 is 0 Å². The number of carbonyl (C=O) groups excluding carboxylic acids is 3. The minimum atomic E-state index is -1.05. The fourth-order valence-corrected chi connectivity index (χ4v) is 1.99. The van der Waals surface area contributed by atoms with Gasteiger partial charge < -0.3 is 9.47 Å². The van der Waals surface area contributed by atoms with Crippen molar-refractivity contribution in [1.29, 1.82) is 0 Å². The number of hydrogen-bond donors (Lipinski definition) is 2. The Bertz CT molecular complexity index is 699. The molecule has 0 bridgehead atoms. The van der Waals surface area contributed by atoms with Crippen molar-refractivity contribution in [3.8, 4) is 0 Å². The summed E-state index contributed by atoms with van der Waals surface area (Å²) >= 11 is 3.11. The van der Waals surface area contributed by atoms with Gasteiger partial charge >= 0.3 is 12.2 Å². The van der Waals surface area contributed by atoms with Gasteiger partial charge in [0.25, 0.3) is 5.91 Å². The van der Waals surface area contributed by atoms with Crippen LogP contribution in [-0.2, 0) is 9.47 Å². The molecule has 0 fully saturated rings. The van der Waals surface area contributed by atoms with Gasteiger partial charge in [-0.15, -0.1) is 0 Å². The zero-order chi connectivity index (χ0) is 21.0. The van der Waals surface area contributed by atoms with E-state index in [1.807, 2.05) is 0 Å². The van der Waals surface area contributed by atoms with E-state index in [1.165, 1.54) is 13.2 Å². The molecular weight excluding hydrogens is 422 g/mol. The van der Waals surface area contributed by atoms with Crippen molar-refractivity contribution in [3.05, 3.63) is 16.5 Å². The summed E-state index contributed by atoms with van der Waals surface area (Å²) in [5.41, 5.74) is 2.70. The Morgan fingerprint density at radius 3 is 1.93 bits per heavy atom. The SMILES string of the molecule is CNNC(=O)c1nc(Br)cnc1N(C(=O)OC(C)(C)C)C(=O)OC(C)(C)C. The molecule has 0 aliphatic heterocycles. The monoisotopic (exact) mass is 445 g/mol. The number of amides is 3. The predicted molar refractivity (Wildman–Crippen MR) is 101 cm³/mol. The molecule has 0 saturated carbocycles. The lowest BCUT2D eigenvalue weighted by Crippen LogP contribution is -2.46. The molecule has 10 nitrogen and oxygen atoms in total. The van der Waals surface area contributed by atoms with Gasteiger partial charge in [-0.3, -0.25) is 10.2 Å². The van der Waals surface area contributed by atoms with Crippen molar-refractivity contribution in [2.45, 2.75) is 52.7 Å². The fourth-order valence-electron chi connectivity index (χ4n) is 1.71. The summed E-state index contributed by atoms with van der Waals surface area (Å²) in [4.78, 5) is 46.2. The molecule has 0 aliphatic carbocycles. The molecule has 0 unspecified atom stereocenters. The Balaban J connectivity index is 3.48. The first-order valence-corrected chi connectivity index (χ1v) is 8.80. The van der Waals surface area contributed by atoms with Crippen LogP contribution in [0, 0.1) is 0 Å². The van der Waals surface area contributed by atoms with Crippen LogP contribution in [0.15, 0.2) is 10.8 Å². The Kier molecular flexibility index (Phi) is 7.26. The Hall–Kier alpha value is -2.27. The van der Waals surface area contributed by atoms with Crippen molar-refractivity contribution >= 4 is 39.8 Å². The molecule has 0 radical (unpaired) electrons. The number of nitrogens with zero attached hydrogens (tertiary/aromatic N) is 3. The van der Waals surface area contributed by atoms with Gasteiger partial charge in [0, 0.05) is 7.05 Å². The second-order valence-electron chi connectivity index (χ2n) is 7.37. The molecule has 1 rings (SSSR count). The number of halogens is 1. The van der Waals surface area contributed by atoms with Gasteiger partial charge in [0.05, 0.1) is 6.20 Å². The predicted octanol–water partition coefficient (Wildman–Crippen LogP) is 2.78. The lowest BCUT2D eigenvalue weighted by atomic mass is 10.2. The maximum atomic E-state index is 12.7. The van der Waals surface area contributed by atoms with Crippen LogP contribution in [0.4, 0.5) is 15.4 Å². The number of aromatic nitrogens is 2. The van der Waals surface area contributed by atoms with E-state index < -0.39 is 29.3 Å². The molecule has 0 spiro atoms. The fraction of sp³-hybridized carbons (Fsp3) is 0.562. The van der Waals surface area contributed by atoms with Crippen molar-refractivity contribution < 1.29 is 23.9 Å². The van der Waals surface area contributed by atoms with Crippen molar-refractivity contribution in [3.63, 3.8) is 0 Å². The Labute approximate surface area is 166 Å². The largest absolute Gasteiger partial charge is 0.443 e. The van der Waals surface area contributed by atoms with Gasteiger partial charge in [-0.1, -0.05) is 0 Å². The molecule has 1 aromatic heterocycles. The maximum absolute atomic E-state index is 12.7. The van der Waals surface area contributed by atoms with Crippen LogP contribution in [-0.4, -0.2) is 46.3 Å².